The van der Waals surface area contributed by atoms with E-state index >= 15 is 0 Å². The summed E-state index contributed by atoms with van der Waals surface area (Å²) in [4.78, 5) is 4.63. The van der Waals surface area contributed by atoms with E-state index in [1.807, 2.05) is 6.08 Å². The minimum Gasteiger partial charge on any atom is -0.355 e. The molecule has 6 heteroatoms. The van der Waals surface area contributed by atoms with Gasteiger partial charge >= 0.3 is 0 Å². The Morgan fingerprint density at radius 2 is 2.08 bits per heavy atom. The number of hydrogen-bond acceptors (Lipinski definition) is 3. The van der Waals surface area contributed by atoms with Crippen LogP contribution in [-0.4, -0.2) is 33.8 Å². The number of hydrogen-bond donors (Lipinski definition) is 2. The van der Waals surface area contributed by atoms with E-state index in [0.717, 1.165) is 31.3 Å². The van der Waals surface area contributed by atoms with Crippen molar-refractivity contribution in [2.75, 3.05) is 13.1 Å². The molecule has 1 aromatic carbocycles. The van der Waals surface area contributed by atoms with Crippen LogP contribution in [0.1, 0.15) is 23.9 Å². The fraction of sp³-hybridized carbons (Fsp3) is 0.389. The molecule has 24 heavy (non-hydrogen) atoms. The van der Waals surface area contributed by atoms with Crippen LogP contribution in [0.15, 0.2) is 48.2 Å². The lowest BCUT2D eigenvalue weighted by atomic mass is 10.1. The summed E-state index contributed by atoms with van der Waals surface area (Å²) >= 11 is 0. The molecule has 0 aliphatic heterocycles. The zero-order valence-electron chi connectivity index (χ0n) is 14.5. The Balaban J connectivity index is 1.90. The van der Waals surface area contributed by atoms with Gasteiger partial charge in [0.1, 0.15) is 12.2 Å². The minimum absolute atomic E-state index is 0.638. The van der Waals surface area contributed by atoms with Gasteiger partial charge in [-0.25, -0.2) is 4.99 Å². The third-order valence-corrected chi connectivity index (χ3v) is 3.61. The molecule has 0 saturated heterocycles. The molecule has 0 aliphatic rings. The van der Waals surface area contributed by atoms with Crippen molar-refractivity contribution in [1.29, 1.82) is 0 Å². The molecule has 1 aromatic heterocycles. The minimum atomic E-state index is 0.638. The molecule has 0 amide bonds. The maximum absolute atomic E-state index is 4.63. The average Bonchev–Trinajstić information content (AvgIpc) is 3.05. The van der Waals surface area contributed by atoms with Crippen molar-refractivity contribution in [1.82, 2.24) is 25.4 Å². The molecule has 6 nitrogen and oxygen atoms in total. The molecule has 0 bridgehead atoms. The van der Waals surface area contributed by atoms with Gasteiger partial charge in [0.2, 0.25) is 0 Å². The van der Waals surface area contributed by atoms with E-state index < -0.39 is 0 Å². The van der Waals surface area contributed by atoms with Crippen LogP contribution in [0.2, 0.25) is 0 Å². The van der Waals surface area contributed by atoms with Gasteiger partial charge in [0.15, 0.2) is 5.96 Å². The van der Waals surface area contributed by atoms with Gasteiger partial charge in [0, 0.05) is 26.1 Å². The molecule has 0 saturated carbocycles. The second-order valence-electron chi connectivity index (χ2n) is 5.54. The number of aliphatic imine (C=N–C) groups is 1. The number of benzene rings is 1. The molecule has 2 aromatic rings. The third-order valence-electron chi connectivity index (χ3n) is 3.61. The number of rotatable bonds is 8. The first-order chi connectivity index (χ1) is 11.7. The summed E-state index contributed by atoms with van der Waals surface area (Å²) in [5.74, 6) is 1.77. The largest absolute Gasteiger partial charge is 0.355 e. The van der Waals surface area contributed by atoms with Crippen molar-refractivity contribution in [3.8, 4) is 0 Å². The highest BCUT2D eigenvalue weighted by Gasteiger charge is 2.02. The summed E-state index contributed by atoms with van der Waals surface area (Å²) < 4.78 is 2.05. The Labute approximate surface area is 143 Å². The first-order valence-corrected chi connectivity index (χ1v) is 8.28. The van der Waals surface area contributed by atoms with Gasteiger partial charge in [0.05, 0.1) is 6.54 Å². The Morgan fingerprint density at radius 1 is 1.29 bits per heavy atom. The smallest absolute Gasteiger partial charge is 0.191 e. The van der Waals surface area contributed by atoms with Crippen LogP contribution in [0.25, 0.3) is 0 Å². The Morgan fingerprint density at radius 3 is 2.79 bits per heavy atom. The number of nitrogens with one attached hydrogen (secondary N) is 2. The molecule has 128 valence electrons. The molecule has 0 radical (unpaired) electrons. The molecule has 0 aliphatic carbocycles. The van der Waals surface area contributed by atoms with Crippen molar-refractivity contribution in [2.45, 2.75) is 33.4 Å². The van der Waals surface area contributed by atoms with E-state index in [9.17, 15) is 0 Å². The first-order valence-electron chi connectivity index (χ1n) is 8.28. The van der Waals surface area contributed by atoms with Gasteiger partial charge in [-0.2, -0.15) is 0 Å². The molecule has 0 atom stereocenters. The van der Waals surface area contributed by atoms with E-state index in [2.05, 4.69) is 75.1 Å². The summed E-state index contributed by atoms with van der Waals surface area (Å²) in [7, 11) is 0. The second kappa shape index (κ2) is 9.50. The molecular formula is C18H26N6. The van der Waals surface area contributed by atoms with Crippen LogP contribution < -0.4 is 10.6 Å². The van der Waals surface area contributed by atoms with Crippen LogP contribution in [0.3, 0.4) is 0 Å². The number of aromatic nitrogens is 3. The lowest BCUT2D eigenvalue weighted by Gasteiger charge is -2.12. The van der Waals surface area contributed by atoms with Gasteiger partial charge in [-0.1, -0.05) is 42.8 Å². The average molecular weight is 326 g/mol. The third kappa shape index (κ3) is 5.53. The SMILES string of the molecule is C=CCNC(=NCc1ccc(C)cc1)NCCn1cnnc1CC. The standard InChI is InChI=1S/C18H26N6/c1-4-10-19-18(21-13-16-8-6-15(3)7-9-16)20-11-12-24-14-22-23-17(24)5-2/h4,6-9,14H,1,5,10-13H2,2-3H3,(H2,19,20,21). The van der Waals surface area contributed by atoms with Gasteiger partial charge in [0.25, 0.3) is 0 Å². The molecule has 0 fully saturated rings. The molecule has 2 N–H and O–H groups in total. The Hall–Kier alpha value is -2.63. The summed E-state index contributed by atoms with van der Waals surface area (Å²) in [5.41, 5.74) is 2.44. The Kier molecular flexibility index (Phi) is 7.01. The quantitative estimate of drug-likeness (QED) is 0.443. The summed E-state index contributed by atoms with van der Waals surface area (Å²) in [6.45, 7) is 10.8. The van der Waals surface area contributed by atoms with Crippen LogP contribution in [0.5, 0.6) is 0 Å². The van der Waals surface area contributed by atoms with Gasteiger partial charge < -0.3 is 15.2 Å². The van der Waals surface area contributed by atoms with Crippen LogP contribution in [0, 0.1) is 6.92 Å². The van der Waals surface area contributed by atoms with Crippen molar-refractivity contribution in [2.24, 2.45) is 4.99 Å². The normalized spacial score (nSPS) is 11.3. The maximum atomic E-state index is 4.63. The number of aryl methyl sites for hydroxylation is 2. The van der Waals surface area contributed by atoms with E-state index in [1.54, 1.807) is 6.33 Å². The summed E-state index contributed by atoms with van der Waals surface area (Å²) in [6.07, 6.45) is 4.46. The Bertz CT molecular complexity index is 656. The zero-order valence-corrected chi connectivity index (χ0v) is 14.5. The topological polar surface area (TPSA) is 67.1 Å². The van der Waals surface area contributed by atoms with Gasteiger partial charge in [-0.05, 0) is 12.5 Å². The monoisotopic (exact) mass is 326 g/mol. The van der Waals surface area contributed by atoms with Crippen LogP contribution >= 0.6 is 0 Å². The molecular weight excluding hydrogens is 300 g/mol. The molecule has 2 rings (SSSR count). The van der Waals surface area contributed by atoms with Crippen LogP contribution in [-0.2, 0) is 19.5 Å². The highest BCUT2D eigenvalue weighted by atomic mass is 15.3. The summed E-state index contributed by atoms with van der Waals surface area (Å²) in [5, 5.41) is 14.6. The van der Waals surface area contributed by atoms with Crippen LogP contribution in [0.4, 0.5) is 0 Å². The fourth-order valence-corrected chi connectivity index (χ4v) is 2.24. The molecule has 0 spiro atoms. The predicted octanol–water partition coefficient (Wildman–Crippen LogP) is 2.07. The van der Waals surface area contributed by atoms with Crippen molar-refractivity contribution in [3.05, 3.63) is 60.2 Å². The van der Waals surface area contributed by atoms with E-state index in [-0.39, 0.29) is 0 Å². The first kappa shape index (κ1) is 17.7. The summed E-state index contributed by atoms with van der Waals surface area (Å²) in [6, 6.07) is 8.42. The lowest BCUT2D eigenvalue weighted by molar-refractivity contribution is 0.633. The van der Waals surface area contributed by atoms with Gasteiger partial charge in [-0.3, -0.25) is 0 Å². The van der Waals surface area contributed by atoms with E-state index in [0.29, 0.717) is 13.1 Å². The fourth-order valence-electron chi connectivity index (χ4n) is 2.24. The highest BCUT2D eigenvalue weighted by molar-refractivity contribution is 5.79. The highest BCUT2D eigenvalue weighted by Crippen LogP contribution is 2.04. The predicted molar refractivity (Wildman–Crippen MR) is 97.9 cm³/mol. The van der Waals surface area contributed by atoms with Crippen molar-refractivity contribution < 1.29 is 0 Å². The number of nitrogens with zero attached hydrogens (tertiary/aromatic N) is 4. The lowest BCUT2D eigenvalue weighted by Crippen LogP contribution is -2.39. The molecule has 0 unspecified atom stereocenters. The maximum Gasteiger partial charge on any atom is 0.191 e. The van der Waals surface area contributed by atoms with Crippen molar-refractivity contribution in [3.63, 3.8) is 0 Å². The van der Waals surface area contributed by atoms with E-state index in [4.69, 9.17) is 0 Å². The zero-order chi connectivity index (χ0) is 17.2. The van der Waals surface area contributed by atoms with Gasteiger partial charge in [-0.15, -0.1) is 16.8 Å². The molecule has 1 heterocycles. The van der Waals surface area contributed by atoms with E-state index in [1.165, 1.54) is 11.1 Å². The number of guanidine groups is 1. The second-order valence-corrected chi connectivity index (χ2v) is 5.54. The van der Waals surface area contributed by atoms with Crippen molar-refractivity contribution >= 4 is 5.96 Å².